The van der Waals surface area contributed by atoms with Crippen LogP contribution in [0.15, 0.2) is 9.59 Å². The number of anilines is 2. The molecule has 1 fully saturated rings. The lowest BCUT2D eigenvalue weighted by Crippen LogP contribution is -2.43. The molecule has 0 atom stereocenters. The first-order valence-electron chi connectivity index (χ1n) is 6.57. The molecule has 2 rings (SSSR count). The standard InChI is InChI=1S/C12H20N4O3/c1-3-16-10(13)9(11(17)15-12(16)18)14-7-5-8(6-7)19-4-2/h7-8,14H,3-6,13H2,1-2H3,(H,15,17,18). The second kappa shape index (κ2) is 5.48. The van der Waals surface area contributed by atoms with Gasteiger partial charge in [-0.25, -0.2) is 4.79 Å². The Morgan fingerprint density at radius 2 is 2.11 bits per heavy atom. The number of aromatic amines is 1. The largest absolute Gasteiger partial charge is 0.383 e. The normalized spacial score (nSPS) is 22.0. The van der Waals surface area contributed by atoms with Gasteiger partial charge in [0.15, 0.2) is 0 Å². The first-order chi connectivity index (χ1) is 9.06. The molecule has 4 N–H and O–H groups in total. The van der Waals surface area contributed by atoms with Crippen LogP contribution in [-0.4, -0.2) is 28.3 Å². The van der Waals surface area contributed by atoms with Gasteiger partial charge in [0.05, 0.1) is 6.10 Å². The summed E-state index contributed by atoms with van der Waals surface area (Å²) in [6.45, 7) is 4.87. The van der Waals surface area contributed by atoms with E-state index < -0.39 is 11.2 Å². The summed E-state index contributed by atoms with van der Waals surface area (Å²) in [5, 5.41) is 3.10. The number of nitrogens with one attached hydrogen (secondary N) is 2. The van der Waals surface area contributed by atoms with E-state index in [1.165, 1.54) is 4.57 Å². The molecule has 1 aliphatic carbocycles. The fourth-order valence-electron chi connectivity index (χ4n) is 2.30. The topological polar surface area (TPSA) is 102 Å². The Morgan fingerprint density at radius 1 is 1.42 bits per heavy atom. The first-order valence-corrected chi connectivity index (χ1v) is 6.57. The van der Waals surface area contributed by atoms with Crippen LogP contribution < -0.4 is 22.3 Å². The van der Waals surface area contributed by atoms with Gasteiger partial charge in [0, 0.05) is 19.2 Å². The van der Waals surface area contributed by atoms with Gasteiger partial charge in [-0.05, 0) is 26.7 Å². The summed E-state index contributed by atoms with van der Waals surface area (Å²) in [6, 6.07) is 0.169. The van der Waals surface area contributed by atoms with E-state index in [1.54, 1.807) is 6.92 Å². The van der Waals surface area contributed by atoms with Crippen molar-refractivity contribution in [3.05, 3.63) is 20.8 Å². The van der Waals surface area contributed by atoms with Crippen LogP contribution in [-0.2, 0) is 11.3 Å². The molecule has 106 valence electrons. The van der Waals surface area contributed by atoms with Gasteiger partial charge in [0.2, 0.25) is 0 Å². The van der Waals surface area contributed by atoms with E-state index in [2.05, 4.69) is 10.3 Å². The number of nitrogen functional groups attached to an aromatic ring is 1. The maximum Gasteiger partial charge on any atom is 0.330 e. The van der Waals surface area contributed by atoms with Crippen molar-refractivity contribution < 1.29 is 4.74 Å². The number of nitrogens with two attached hydrogens (primary N) is 1. The number of hydrogen-bond donors (Lipinski definition) is 3. The smallest absolute Gasteiger partial charge is 0.330 e. The molecule has 0 radical (unpaired) electrons. The lowest BCUT2D eigenvalue weighted by atomic mass is 9.89. The molecule has 7 heteroatoms. The summed E-state index contributed by atoms with van der Waals surface area (Å²) < 4.78 is 6.79. The fourth-order valence-corrected chi connectivity index (χ4v) is 2.30. The molecular weight excluding hydrogens is 248 g/mol. The zero-order chi connectivity index (χ0) is 14.0. The minimum atomic E-state index is -0.476. The quantitative estimate of drug-likeness (QED) is 0.704. The van der Waals surface area contributed by atoms with Crippen LogP contribution in [0.25, 0.3) is 0 Å². The van der Waals surface area contributed by atoms with Crippen LogP contribution in [0, 0.1) is 0 Å². The summed E-state index contributed by atoms with van der Waals surface area (Å²) in [7, 11) is 0. The lowest BCUT2D eigenvalue weighted by molar-refractivity contribution is 0.00297. The average molecular weight is 268 g/mol. The minimum absolute atomic E-state index is 0.169. The van der Waals surface area contributed by atoms with Gasteiger partial charge in [-0.15, -0.1) is 0 Å². The molecule has 0 unspecified atom stereocenters. The Hall–Kier alpha value is -1.76. The molecule has 1 aliphatic rings. The number of H-pyrrole nitrogens is 1. The van der Waals surface area contributed by atoms with Crippen molar-refractivity contribution in [1.29, 1.82) is 0 Å². The van der Waals surface area contributed by atoms with Crippen molar-refractivity contribution in [2.75, 3.05) is 17.7 Å². The van der Waals surface area contributed by atoms with E-state index in [4.69, 9.17) is 10.5 Å². The van der Waals surface area contributed by atoms with Crippen molar-refractivity contribution in [3.63, 3.8) is 0 Å². The van der Waals surface area contributed by atoms with Crippen molar-refractivity contribution in [2.45, 2.75) is 45.4 Å². The maximum atomic E-state index is 11.8. The van der Waals surface area contributed by atoms with Crippen LogP contribution in [0.3, 0.4) is 0 Å². The van der Waals surface area contributed by atoms with Gasteiger partial charge in [-0.2, -0.15) is 0 Å². The molecule has 0 amide bonds. The highest BCUT2D eigenvalue weighted by Gasteiger charge is 2.30. The van der Waals surface area contributed by atoms with Crippen molar-refractivity contribution in [3.8, 4) is 0 Å². The number of nitrogens with zero attached hydrogens (tertiary/aromatic N) is 1. The van der Waals surface area contributed by atoms with Gasteiger partial charge in [0.25, 0.3) is 5.56 Å². The highest BCUT2D eigenvalue weighted by Crippen LogP contribution is 2.27. The molecule has 0 bridgehead atoms. The summed E-state index contributed by atoms with van der Waals surface area (Å²) in [5.41, 5.74) is 5.20. The molecule has 0 saturated heterocycles. The van der Waals surface area contributed by atoms with Gasteiger partial charge in [-0.1, -0.05) is 0 Å². The van der Waals surface area contributed by atoms with E-state index in [0.29, 0.717) is 13.2 Å². The zero-order valence-electron chi connectivity index (χ0n) is 11.2. The summed E-state index contributed by atoms with van der Waals surface area (Å²) in [5.74, 6) is 0.191. The van der Waals surface area contributed by atoms with E-state index in [-0.39, 0.29) is 23.7 Å². The third-order valence-corrected chi connectivity index (χ3v) is 3.40. The van der Waals surface area contributed by atoms with E-state index in [0.717, 1.165) is 12.8 Å². The molecule has 1 aromatic heterocycles. The van der Waals surface area contributed by atoms with Crippen LogP contribution in [0.2, 0.25) is 0 Å². The first kappa shape index (κ1) is 13.7. The molecule has 1 saturated carbocycles. The molecular formula is C12H20N4O3. The monoisotopic (exact) mass is 268 g/mol. The van der Waals surface area contributed by atoms with Gasteiger partial charge < -0.3 is 15.8 Å². The predicted molar refractivity (Wildman–Crippen MR) is 73.5 cm³/mol. The Bertz CT molecular complexity index is 557. The van der Waals surface area contributed by atoms with Gasteiger partial charge in [-0.3, -0.25) is 14.3 Å². The van der Waals surface area contributed by atoms with Crippen molar-refractivity contribution in [1.82, 2.24) is 9.55 Å². The molecule has 1 aromatic rings. The molecule has 7 nitrogen and oxygen atoms in total. The summed E-state index contributed by atoms with van der Waals surface area (Å²) >= 11 is 0. The second-order valence-electron chi connectivity index (χ2n) is 4.65. The SMILES string of the molecule is CCOC1CC(Nc2c(N)n(CC)c(=O)[nH]c2=O)C1. The third kappa shape index (κ3) is 2.65. The minimum Gasteiger partial charge on any atom is -0.383 e. The lowest BCUT2D eigenvalue weighted by Gasteiger charge is -2.36. The van der Waals surface area contributed by atoms with E-state index >= 15 is 0 Å². The van der Waals surface area contributed by atoms with Gasteiger partial charge in [0.1, 0.15) is 11.5 Å². The third-order valence-electron chi connectivity index (χ3n) is 3.40. The molecule has 0 aliphatic heterocycles. The van der Waals surface area contributed by atoms with E-state index in [1.807, 2.05) is 6.92 Å². The Balaban J connectivity index is 2.14. The summed E-state index contributed by atoms with van der Waals surface area (Å²) in [6.07, 6.45) is 1.94. The maximum absolute atomic E-state index is 11.8. The predicted octanol–water partition coefficient (Wildman–Crippen LogP) is 0.118. The second-order valence-corrected chi connectivity index (χ2v) is 4.65. The molecule has 0 spiro atoms. The highest BCUT2D eigenvalue weighted by atomic mass is 16.5. The van der Waals surface area contributed by atoms with Crippen molar-refractivity contribution >= 4 is 11.5 Å². The number of hydrogen-bond acceptors (Lipinski definition) is 5. The van der Waals surface area contributed by atoms with E-state index in [9.17, 15) is 9.59 Å². The van der Waals surface area contributed by atoms with Gasteiger partial charge >= 0.3 is 5.69 Å². The molecule has 19 heavy (non-hydrogen) atoms. The number of rotatable bonds is 5. The fraction of sp³-hybridized carbons (Fsp3) is 0.667. The highest BCUT2D eigenvalue weighted by molar-refractivity contribution is 5.61. The van der Waals surface area contributed by atoms with Crippen molar-refractivity contribution in [2.24, 2.45) is 0 Å². The average Bonchev–Trinajstić information content (AvgIpc) is 2.30. The number of ether oxygens (including phenoxy) is 1. The van der Waals surface area contributed by atoms with Crippen LogP contribution in [0.1, 0.15) is 26.7 Å². The van der Waals surface area contributed by atoms with Crippen LogP contribution >= 0.6 is 0 Å². The Morgan fingerprint density at radius 3 is 2.68 bits per heavy atom. The van der Waals surface area contributed by atoms with Crippen LogP contribution in [0.4, 0.5) is 11.5 Å². The Labute approximate surface area is 110 Å². The van der Waals surface area contributed by atoms with Crippen LogP contribution in [0.5, 0.6) is 0 Å². The Kier molecular flexibility index (Phi) is 3.94. The molecule has 1 heterocycles. The number of aromatic nitrogens is 2. The zero-order valence-corrected chi connectivity index (χ0v) is 11.2. The summed E-state index contributed by atoms with van der Waals surface area (Å²) in [4.78, 5) is 25.6. The molecule has 0 aromatic carbocycles.